The average molecular weight is 321 g/mol. The van der Waals surface area contributed by atoms with Crippen molar-refractivity contribution in [3.63, 3.8) is 0 Å². The summed E-state index contributed by atoms with van der Waals surface area (Å²) in [5.41, 5.74) is 0.482. The molecule has 1 amide bonds. The Morgan fingerprint density at radius 2 is 2.05 bits per heavy atom. The van der Waals surface area contributed by atoms with Crippen LogP contribution in [-0.2, 0) is 0 Å². The molecule has 0 heterocycles. The minimum Gasteiger partial charge on any atom is -0.336 e. The van der Waals surface area contributed by atoms with Gasteiger partial charge in [-0.1, -0.05) is 29.3 Å². The minimum atomic E-state index is -0.0395. The van der Waals surface area contributed by atoms with Gasteiger partial charge in [-0.3, -0.25) is 4.79 Å². The smallest absolute Gasteiger partial charge is 0.255 e. The first-order chi connectivity index (χ1) is 9.15. The maximum absolute atomic E-state index is 12.6. The lowest BCUT2D eigenvalue weighted by Crippen LogP contribution is -2.45. The van der Waals surface area contributed by atoms with Gasteiger partial charge < -0.3 is 4.90 Å². The molecule has 1 aliphatic carbocycles. The topological polar surface area (TPSA) is 20.3 Å². The fraction of sp³-hybridized carbons (Fsp3) is 0.500. The van der Waals surface area contributed by atoms with Crippen molar-refractivity contribution in [2.24, 2.45) is 0 Å². The van der Waals surface area contributed by atoms with Crippen LogP contribution in [0.2, 0.25) is 10.0 Å². The van der Waals surface area contributed by atoms with E-state index in [4.69, 9.17) is 34.8 Å². The first-order valence-electron chi connectivity index (χ1n) is 6.46. The number of carbonyl (C=O) groups is 1. The van der Waals surface area contributed by atoms with E-state index < -0.39 is 0 Å². The molecule has 0 aromatic heterocycles. The highest BCUT2D eigenvalue weighted by Crippen LogP contribution is 2.30. The lowest BCUT2D eigenvalue weighted by atomic mass is 9.91. The summed E-state index contributed by atoms with van der Waals surface area (Å²) in [4.78, 5) is 14.5. The van der Waals surface area contributed by atoms with Crippen LogP contribution in [-0.4, -0.2) is 29.3 Å². The SMILES string of the molecule is O=C(c1cccc(Cl)c1Cl)N(CCCCl)C1CCC1. The molecule has 0 saturated heterocycles. The standard InChI is InChI=1S/C14H16Cl3NO/c15-8-3-9-18(10-4-1-5-10)14(19)11-6-2-7-12(16)13(11)17/h2,6-7,10H,1,3-5,8-9H2. The molecule has 2 rings (SSSR count). The van der Waals surface area contributed by atoms with Crippen molar-refractivity contribution in [1.82, 2.24) is 4.90 Å². The van der Waals surface area contributed by atoms with Crippen LogP contribution >= 0.6 is 34.8 Å². The van der Waals surface area contributed by atoms with Gasteiger partial charge in [-0.05, 0) is 37.8 Å². The lowest BCUT2D eigenvalue weighted by molar-refractivity contribution is 0.0581. The predicted molar refractivity (Wildman–Crippen MR) is 80.5 cm³/mol. The van der Waals surface area contributed by atoms with E-state index in [0.717, 1.165) is 19.3 Å². The number of carbonyl (C=O) groups excluding carboxylic acids is 1. The quantitative estimate of drug-likeness (QED) is 0.725. The van der Waals surface area contributed by atoms with Crippen LogP contribution in [0.3, 0.4) is 0 Å². The number of rotatable bonds is 5. The summed E-state index contributed by atoms with van der Waals surface area (Å²) in [5.74, 6) is 0.516. The summed E-state index contributed by atoms with van der Waals surface area (Å²) in [6.45, 7) is 0.676. The molecule has 0 bridgehead atoms. The minimum absolute atomic E-state index is 0.0395. The fourth-order valence-electron chi connectivity index (χ4n) is 2.20. The molecule has 1 aromatic carbocycles. The molecule has 0 radical (unpaired) electrons. The summed E-state index contributed by atoms with van der Waals surface area (Å²) in [6.07, 6.45) is 4.10. The Bertz CT molecular complexity index is 460. The molecular formula is C14H16Cl3NO. The third-order valence-electron chi connectivity index (χ3n) is 3.49. The maximum Gasteiger partial charge on any atom is 0.255 e. The molecule has 104 valence electrons. The van der Waals surface area contributed by atoms with E-state index in [0.29, 0.717) is 34.1 Å². The zero-order chi connectivity index (χ0) is 13.8. The lowest BCUT2D eigenvalue weighted by Gasteiger charge is -2.37. The van der Waals surface area contributed by atoms with E-state index in [-0.39, 0.29) is 5.91 Å². The molecule has 1 fully saturated rings. The molecule has 0 N–H and O–H groups in total. The molecule has 1 aromatic rings. The average Bonchev–Trinajstić information content (AvgIpc) is 2.34. The highest BCUT2D eigenvalue weighted by atomic mass is 35.5. The van der Waals surface area contributed by atoms with E-state index in [1.54, 1.807) is 18.2 Å². The second-order valence-corrected chi connectivity index (χ2v) is 5.89. The van der Waals surface area contributed by atoms with Crippen molar-refractivity contribution < 1.29 is 4.79 Å². The van der Waals surface area contributed by atoms with Gasteiger partial charge in [0.05, 0.1) is 15.6 Å². The van der Waals surface area contributed by atoms with Crippen molar-refractivity contribution >= 4 is 40.7 Å². The number of halogens is 3. The van der Waals surface area contributed by atoms with E-state index in [1.807, 2.05) is 4.90 Å². The van der Waals surface area contributed by atoms with Crippen LogP contribution < -0.4 is 0 Å². The monoisotopic (exact) mass is 319 g/mol. The first-order valence-corrected chi connectivity index (χ1v) is 7.75. The highest BCUT2D eigenvalue weighted by Gasteiger charge is 2.30. The van der Waals surface area contributed by atoms with Gasteiger partial charge in [0.1, 0.15) is 0 Å². The third-order valence-corrected chi connectivity index (χ3v) is 4.58. The van der Waals surface area contributed by atoms with Crippen molar-refractivity contribution in [2.45, 2.75) is 31.7 Å². The molecule has 19 heavy (non-hydrogen) atoms. The van der Waals surface area contributed by atoms with Gasteiger partial charge in [-0.25, -0.2) is 0 Å². The number of hydrogen-bond donors (Lipinski definition) is 0. The third kappa shape index (κ3) is 3.36. The van der Waals surface area contributed by atoms with E-state index >= 15 is 0 Å². The summed E-state index contributed by atoms with van der Waals surface area (Å²) in [6, 6.07) is 5.49. The Balaban J connectivity index is 2.20. The van der Waals surface area contributed by atoms with Gasteiger partial charge in [-0.15, -0.1) is 11.6 Å². The van der Waals surface area contributed by atoms with E-state index in [2.05, 4.69) is 0 Å². The van der Waals surface area contributed by atoms with Crippen molar-refractivity contribution in [3.8, 4) is 0 Å². The largest absolute Gasteiger partial charge is 0.336 e. The molecule has 1 aliphatic rings. The normalized spacial score (nSPS) is 15.1. The second-order valence-electron chi connectivity index (χ2n) is 4.73. The van der Waals surface area contributed by atoms with Crippen LogP contribution in [0.1, 0.15) is 36.0 Å². The van der Waals surface area contributed by atoms with Crippen LogP contribution in [0, 0.1) is 0 Å². The molecular weight excluding hydrogens is 305 g/mol. The maximum atomic E-state index is 12.6. The zero-order valence-corrected chi connectivity index (χ0v) is 12.8. The Morgan fingerprint density at radius 1 is 1.32 bits per heavy atom. The Morgan fingerprint density at radius 3 is 2.63 bits per heavy atom. The summed E-state index contributed by atoms with van der Waals surface area (Å²) in [5, 5.41) is 0.753. The summed E-state index contributed by atoms with van der Waals surface area (Å²) >= 11 is 17.8. The summed E-state index contributed by atoms with van der Waals surface area (Å²) in [7, 11) is 0. The van der Waals surface area contributed by atoms with Crippen LogP contribution in [0.5, 0.6) is 0 Å². The Labute approximate surface area is 128 Å². The van der Waals surface area contributed by atoms with Gasteiger partial charge in [0.25, 0.3) is 5.91 Å². The van der Waals surface area contributed by atoms with Crippen LogP contribution in [0.15, 0.2) is 18.2 Å². The van der Waals surface area contributed by atoms with Gasteiger partial charge in [-0.2, -0.15) is 0 Å². The number of nitrogens with zero attached hydrogens (tertiary/aromatic N) is 1. The van der Waals surface area contributed by atoms with Crippen LogP contribution in [0.4, 0.5) is 0 Å². The van der Waals surface area contributed by atoms with Gasteiger partial charge in [0.15, 0.2) is 0 Å². The van der Waals surface area contributed by atoms with Crippen LogP contribution in [0.25, 0.3) is 0 Å². The Kier molecular flexibility index (Phi) is 5.37. The number of amides is 1. The fourth-order valence-corrected chi connectivity index (χ4v) is 2.70. The molecule has 0 unspecified atom stereocenters. The van der Waals surface area contributed by atoms with Crippen molar-refractivity contribution in [1.29, 1.82) is 0 Å². The Hall–Kier alpha value is -0.440. The van der Waals surface area contributed by atoms with Crippen molar-refractivity contribution in [2.75, 3.05) is 12.4 Å². The molecule has 0 atom stereocenters. The van der Waals surface area contributed by atoms with Crippen molar-refractivity contribution in [3.05, 3.63) is 33.8 Å². The van der Waals surface area contributed by atoms with Gasteiger partial charge >= 0.3 is 0 Å². The molecule has 2 nitrogen and oxygen atoms in total. The van der Waals surface area contributed by atoms with Gasteiger partial charge in [0.2, 0.25) is 0 Å². The molecule has 1 saturated carbocycles. The number of alkyl halides is 1. The number of benzene rings is 1. The highest BCUT2D eigenvalue weighted by molar-refractivity contribution is 6.43. The van der Waals surface area contributed by atoms with E-state index in [1.165, 1.54) is 6.42 Å². The van der Waals surface area contributed by atoms with E-state index in [9.17, 15) is 4.79 Å². The predicted octanol–water partition coefficient (Wildman–Crippen LogP) is 4.62. The molecule has 0 aliphatic heterocycles. The van der Waals surface area contributed by atoms with Gasteiger partial charge in [0, 0.05) is 18.5 Å². The second kappa shape index (κ2) is 6.83. The first kappa shape index (κ1) is 15.0. The molecule has 5 heteroatoms. The zero-order valence-electron chi connectivity index (χ0n) is 10.5. The number of hydrogen-bond acceptors (Lipinski definition) is 1. The summed E-state index contributed by atoms with van der Waals surface area (Å²) < 4.78 is 0. The molecule has 0 spiro atoms.